The summed E-state index contributed by atoms with van der Waals surface area (Å²) in [4.78, 5) is 12.4. The highest BCUT2D eigenvalue weighted by atomic mass is 16.1. The number of rotatable bonds is 4. The lowest BCUT2D eigenvalue weighted by Gasteiger charge is -2.04. The van der Waals surface area contributed by atoms with Crippen LogP contribution in [0.2, 0.25) is 0 Å². The second-order valence-corrected chi connectivity index (χ2v) is 5.95. The summed E-state index contributed by atoms with van der Waals surface area (Å²) in [5.41, 5.74) is 2.29. The summed E-state index contributed by atoms with van der Waals surface area (Å²) in [5.74, 6) is 2.22. The maximum absolute atomic E-state index is 12.4. The molecule has 96 valence electrons. The van der Waals surface area contributed by atoms with Crippen molar-refractivity contribution in [1.82, 2.24) is 0 Å². The average Bonchev–Trinajstić information content (AvgIpc) is 3.13. The normalized spacial score (nSPS) is 29.7. The predicted octanol–water partition coefficient (Wildman–Crippen LogP) is 4.26. The molecule has 2 fully saturated rings. The SMILES string of the molecule is CCCc1ccc(C(=O)C2C3CCCCC32)cc1. The van der Waals surface area contributed by atoms with Gasteiger partial charge in [0.25, 0.3) is 0 Å². The van der Waals surface area contributed by atoms with E-state index in [9.17, 15) is 4.79 Å². The standard InChI is InChI=1S/C17H22O/c1-2-5-12-8-10-13(11-9-12)17(18)16-14-6-3-4-7-15(14)16/h8-11,14-16H,2-7H2,1H3. The Morgan fingerprint density at radius 2 is 1.72 bits per heavy atom. The molecular formula is C17H22O. The fourth-order valence-electron chi connectivity index (χ4n) is 3.70. The summed E-state index contributed by atoms with van der Waals surface area (Å²) in [5, 5.41) is 0. The van der Waals surface area contributed by atoms with Gasteiger partial charge in [-0.15, -0.1) is 0 Å². The molecule has 2 aliphatic carbocycles. The molecule has 3 rings (SSSR count). The highest BCUT2D eigenvalue weighted by Gasteiger charge is 2.54. The fraction of sp³-hybridized carbons (Fsp3) is 0.588. The molecule has 2 atom stereocenters. The Labute approximate surface area is 110 Å². The van der Waals surface area contributed by atoms with Gasteiger partial charge in [-0.1, -0.05) is 50.5 Å². The fourth-order valence-corrected chi connectivity index (χ4v) is 3.70. The molecule has 1 nitrogen and oxygen atoms in total. The first-order chi connectivity index (χ1) is 8.81. The van der Waals surface area contributed by atoms with Gasteiger partial charge in [0.15, 0.2) is 5.78 Å². The number of carbonyl (C=O) groups excluding carboxylic acids is 1. The highest BCUT2D eigenvalue weighted by molar-refractivity contribution is 6.00. The molecule has 0 radical (unpaired) electrons. The first-order valence-corrected chi connectivity index (χ1v) is 7.44. The first-order valence-electron chi connectivity index (χ1n) is 7.44. The van der Waals surface area contributed by atoms with E-state index in [0.29, 0.717) is 11.7 Å². The summed E-state index contributed by atoms with van der Waals surface area (Å²) < 4.78 is 0. The monoisotopic (exact) mass is 242 g/mol. The Morgan fingerprint density at radius 1 is 1.11 bits per heavy atom. The van der Waals surface area contributed by atoms with Crippen molar-refractivity contribution in [1.29, 1.82) is 0 Å². The van der Waals surface area contributed by atoms with Gasteiger partial charge in [0, 0.05) is 11.5 Å². The summed E-state index contributed by atoms with van der Waals surface area (Å²) >= 11 is 0. The zero-order chi connectivity index (χ0) is 12.5. The second kappa shape index (κ2) is 4.87. The van der Waals surface area contributed by atoms with Crippen LogP contribution in [-0.4, -0.2) is 5.78 Å². The van der Waals surface area contributed by atoms with Crippen LogP contribution in [0.3, 0.4) is 0 Å². The van der Waals surface area contributed by atoms with Crippen molar-refractivity contribution >= 4 is 5.78 Å². The molecule has 0 amide bonds. The number of benzene rings is 1. The summed E-state index contributed by atoms with van der Waals surface area (Å²) in [6.45, 7) is 2.19. The second-order valence-electron chi connectivity index (χ2n) is 5.95. The molecule has 0 aliphatic heterocycles. The zero-order valence-corrected chi connectivity index (χ0v) is 11.2. The van der Waals surface area contributed by atoms with E-state index in [2.05, 4.69) is 19.1 Å². The Balaban J connectivity index is 1.69. The smallest absolute Gasteiger partial charge is 0.166 e. The van der Waals surface area contributed by atoms with E-state index in [1.807, 2.05) is 12.1 Å². The molecule has 1 aromatic rings. The van der Waals surface area contributed by atoms with Crippen molar-refractivity contribution in [3.63, 3.8) is 0 Å². The third-order valence-electron chi connectivity index (χ3n) is 4.74. The molecule has 0 bridgehead atoms. The van der Waals surface area contributed by atoms with Crippen LogP contribution in [0.5, 0.6) is 0 Å². The van der Waals surface area contributed by atoms with Gasteiger partial charge in [-0.05, 0) is 36.7 Å². The number of Topliss-reactive ketones (excluding diaryl/α,β-unsaturated/α-hetero) is 1. The molecule has 0 N–H and O–H groups in total. The minimum absolute atomic E-state index is 0.365. The van der Waals surface area contributed by atoms with E-state index in [1.54, 1.807) is 0 Å². The Kier molecular flexibility index (Phi) is 3.23. The number of hydrogen-bond donors (Lipinski definition) is 0. The van der Waals surface area contributed by atoms with Crippen LogP contribution >= 0.6 is 0 Å². The molecular weight excluding hydrogens is 220 g/mol. The molecule has 0 heterocycles. The Bertz CT molecular complexity index is 419. The van der Waals surface area contributed by atoms with E-state index in [0.717, 1.165) is 23.8 Å². The lowest BCUT2D eigenvalue weighted by Crippen LogP contribution is -2.04. The lowest BCUT2D eigenvalue weighted by atomic mass is 10.0. The van der Waals surface area contributed by atoms with E-state index >= 15 is 0 Å². The van der Waals surface area contributed by atoms with Gasteiger partial charge in [0.1, 0.15) is 0 Å². The first kappa shape index (κ1) is 12.0. The Hall–Kier alpha value is -1.11. The van der Waals surface area contributed by atoms with Crippen LogP contribution in [0.25, 0.3) is 0 Å². The van der Waals surface area contributed by atoms with Gasteiger partial charge in [0.2, 0.25) is 0 Å². The van der Waals surface area contributed by atoms with Crippen molar-refractivity contribution < 1.29 is 4.79 Å². The summed E-state index contributed by atoms with van der Waals surface area (Å²) in [6.07, 6.45) is 7.52. The van der Waals surface area contributed by atoms with Crippen LogP contribution in [0.4, 0.5) is 0 Å². The van der Waals surface area contributed by atoms with Gasteiger partial charge in [-0.25, -0.2) is 0 Å². The number of aryl methyl sites for hydroxylation is 1. The van der Waals surface area contributed by atoms with Crippen molar-refractivity contribution in [2.24, 2.45) is 17.8 Å². The minimum atomic E-state index is 0.365. The maximum Gasteiger partial charge on any atom is 0.166 e. The van der Waals surface area contributed by atoms with Crippen molar-refractivity contribution in [2.75, 3.05) is 0 Å². The van der Waals surface area contributed by atoms with E-state index < -0.39 is 0 Å². The average molecular weight is 242 g/mol. The summed E-state index contributed by atoms with van der Waals surface area (Å²) in [7, 11) is 0. The largest absolute Gasteiger partial charge is 0.294 e. The molecule has 1 heteroatoms. The number of hydrogen-bond acceptors (Lipinski definition) is 1. The minimum Gasteiger partial charge on any atom is -0.294 e. The molecule has 0 spiro atoms. The van der Waals surface area contributed by atoms with Crippen LogP contribution in [0.1, 0.15) is 54.9 Å². The number of fused-ring (bicyclic) bond motifs is 1. The van der Waals surface area contributed by atoms with E-state index in [4.69, 9.17) is 0 Å². The predicted molar refractivity (Wildman–Crippen MR) is 73.7 cm³/mol. The molecule has 2 unspecified atom stereocenters. The van der Waals surface area contributed by atoms with Gasteiger partial charge < -0.3 is 0 Å². The maximum atomic E-state index is 12.4. The van der Waals surface area contributed by atoms with E-state index in [1.165, 1.54) is 37.7 Å². The Morgan fingerprint density at radius 3 is 2.28 bits per heavy atom. The third kappa shape index (κ3) is 2.11. The van der Waals surface area contributed by atoms with Crippen LogP contribution in [0, 0.1) is 17.8 Å². The molecule has 0 aromatic heterocycles. The lowest BCUT2D eigenvalue weighted by molar-refractivity contribution is 0.0956. The van der Waals surface area contributed by atoms with Crippen LogP contribution in [0.15, 0.2) is 24.3 Å². The van der Waals surface area contributed by atoms with Crippen molar-refractivity contribution in [3.05, 3.63) is 35.4 Å². The van der Waals surface area contributed by atoms with Crippen molar-refractivity contribution in [3.8, 4) is 0 Å². The van der Waals surface area contributed by atoms with Gasteiger partial charge >= 0.3 is 0 Å². The molecule has 18 heavy (non-hydrogen) atoms. The zero-order valence-electron chi connectivity index (χ0n) is 11.2. The molecule has 2 saturated carbocycles. The van der Waals surface area contributed by atoms with Crippen molar-refractivity contribution in [2.45, 2.75) is 45.4 Å². The molecule has 0 saturated heterocycles. The quantitative estimate of drug-likeness (QED) is 0.721. The summed E-state index contributed by atoms with van der Waals surface area (Å²) in [6, 6.07) is 8.33. The topological polar surface area (TPSA) is 17.1 Å². The number of ketones is 1. The third-order valence-corrected chi connectivity index (χ3v) is 4.74. The van der Waals surface area contributed by atoms with Gasteiger partial charge in [-0.3, -0.25) is 4.79 Å². The molecule has 1 aromatic carbocycles. The number of carbonyl (C=O) groups is 1. The van der Waals surface area contributed by atoms with Crippen LogP contribution < -0.4 is 0 Å². The highest BCUT2D eigenvalue weighted by Crippen LogP contribution is 2.56. The van der Waals surface area contributed by atoms with E-state index in [-0.39, 0.29) is 0 Å². The van der Waals surface area contributed by atoms with Crippen LogP contribution in [-0.2, 0) is 6.42 Å². The van der Waals surface area contributed by atoms with Gasteiger partial charge in [0.05, 0.1) is 0 Å². The molecule has 2 aliphatic rings. The van der Waals surface area contributed by atoms with Gasteiger partial charge in [-0.2, -0.15) is 0 Å².